The van der Waals surface area contributed by atoms with Crippen LogP contribution in [0.3, 0.4) is 0 Å². The number of carboxylic acids is 1. The van der Waals surface area contributed by atoms with Crippen LogP contribution in [0, 0.1) is 12.7 Å². The minimum Gasteiger partial charge on any atom is -0.481 e. The molecule has 1 amide bonds. The van der Waals surface area contributed by atoms with E-state index in [1.54, 1.807) is 6.92 Å². The van der Waals surface area contributed by atoms with Crippen LogP contribution in [0.5, 0.6) is 0 Å². The third kappa shape index (κ3) is 3.56. The second-order valence-corrected chi connectivity index (χ2v) is 6.31. The quantitative estimate of drug-likeness (QED) is 0.874. The topological polar surface area (TPSA) is 92.9 Å². The number of amides is 1. The van der Waals surface area contributed by atoms with E-state index in [-0.39, 0.29) is 53.7 Å². The van der Waals surface area contributed by atoms with Crippen LogP contribution in [0.1, 0.15) is 22.5 Å². The van der Waals surface area contributed by atoms with Gasteiger partial charge >= 0.3 is 5.97 Å². The molecule has 1 aromatic carbocycles. The number of hydrogen-bond acceptors (Lipinski definition) is 5. The maximum atomic E-state index is 14.3. The summed E-state index contributed by atoms with van der Waals surface area (Å²) in [6.07, 6.45) is -0.816. The van der Waals surface area contributed by atoms with Gasteiger partial charge in [0.15, 0.2) is 0 Å². The van der Waals surface area contributed by atoms with Gasteiger partial charge in [-0.05, 0) is 19.1 Å². The SMILES string of the molecule is Cc1onc(-c2c(F)cccc2Cl)c1C(=O)N1CCO[C@H](CC(=O)O)C1. The fourth-order valence-electron chi connectivity index (χ4n) is 2.90. The van der Waals surface area contributed by atoms with Crippen LogP contribution in [0.4, 0.5) is 4.39 Å². The fourth-order valence-corrected chi connectivity index (χ4v) is 3.15. The number of rotatable bonds is 4. The molecule has 1 aromatic heterocycles. The normalized spacial score (nSPS) is 17.3. The smallest absolute Gasteiger partial charge is 0.306 e. The summed E-state index contributed by atoms with van der Waals surface area (Å²) >= 11 is 6.08. The second-order valence-electron chi connectivity index (χ2n) is 5.90. The Bertz CT molecular complexity index is 833. The van der Waals surface area contributed by atoms with Gasteiger partial charge in [-0.3, -0.25) is 9.59 Å². The molecule has 0 bridgehead atoms. The molecule has 1 fully saturated rings. The molecular formula is C17H16ClFN2O5. The molecule has 0 saturated carbocycles. The van der Waals surface area contributed by atoms with Crippen molar-refractivity contribution in [2.45, 2.75) is 19.4 Å². The minimum atomic E-state index is -1.01. The summed E-state index contributed by atoms with van der Waals surface area (Å²) in [7, 11) is 0. The molecule has 1 atom stereocenters. The highest BCUT2D eigenvalue weighted by Gasteiger charge is 2.32. The Morgan fingerprint density at radius 3 is 2.92 bits per heavy atom. The molecule has 0 spiro atoms. The highest BCUT2D eigenvalue weighted by atomic mass is 35.5. The van der Waals surface area contributed by atoms with Crippen LogP contribution in [0.25, 0.3) is 11.3 Å². The molecule has 0 unspecified atom stereocenters. The van der Waals surface area contributed by atoms with Crippen LogP contribution in [0.15, 0.2) is 22.7 Å². The summed E-state index contributed by atoms with van der Waals surface area (Å²) in [5, 5.41) is 12.8. The summed E-state index contributed by atoms with van der Waals surface area (Å²) in [5.41, 5.74) is 0.120. The summed E-state index contributed by atoms with van der Waals surface area (Å²) in [6.45, 7) is 2.15. The summed E-state index contributed by atoms with van der Waals surface area (Å²) in [6, 6.07) is 4.17. The van der Waals surface area contributed by atoms with Crippen molar-refractivity contribution in [1.29, 1.82) is 0 Å². The van der Waals surface area contributed by atoms with E-state index >= 15 is 0 Å². The van der Waals surface area contributed by atoms with E-state index in [1.807, 2.05) is 0 Å². The molecule has 1 aliphatic heterocycles. The Labute approximate surface area is 153 Å². The first-order chi connectivity index (χ1) is 12.4. The van der Waals surface area contributed by atoms with Crippen molar-refractivity contribution in [2.24, 2.45) is 0 Å². The average Bonchev–Trinajstić information content (AvgIpc) is 2.95. The van der Waals surface area contributed by atoms with Crippen molar-refractivity contribution in [2.75, 3.05) is 19.7 Å². The number of carbonyl (C=O) groups excluding carboxylic acids is 1. The predicted molar refractivity (Wildman–Crippen MR) is 89.5 cm³/mol. The van der Waals surface area contributed by atoms with Crippen LogP contribution < -0.4 is 0 Å². The molecule has 7 nitrogen and oxygen atoms in total. The zero-order chi connectivity index (χ0) is 18.8. The zero-order valence-corrected chi connectivity index (χ0v) is 14.6. The molecule has 0 aliphatic carbocycles. The van der Waals surface area contributed by atoms with Gasteiger partial charge < -0.3 is 19.3 Å². The second kappa shape index (κ2) is 7.43. The molecular weight excluding hydrogens is 367 g/mol. The number of hydrogen-bond donors (Lipinski definition) is 1. The Morgan fingerprint density at radius 1 is 1.46 bits per heavy atom. The van der Waals surface area contributed by atoms with Crippen molar-refractivity contribution in [3.8, 4) is 11.3 Å². The van der Waals surface area contributed by atoms with Gasteiger partial charge in [-0.1, -0.05) is 22.8 Å². The number of aryl methyl sites for hydroxylation is 1. The first-order valence-electron chi connectivity index (χ1n) is 7.91. The van der Waals surface area contributed by atoms with Crippen molar-refractivity contribution in [3.63, 3.8) is 0 Å². The van der Waals surface area contributed by atoms with Crippen molar-refractivity contribution >= 4 is 23.5 Å². The molecule has 26 heavy (non-hydrogen) atoms. The number of carboxylic acid groups (broad SMARTS) is 1. The van der Waals surface area contributed by atoms with Gasteiger partial charge in [0.05, 0.1) is 29.7 Å². The van der Waals surface area contributed by atoms with Gasteiger partial charge in [0.2, 0.25) is 0 Å². The van der Waals surface area contributed by atoms with E-state index in [0.717, 1.165) is 0 Å². The number of carbonyl (C=O) groups is 2. The molecule has 1 N–H and O–H groups in total. The molecule has 1 saturated heterocycles. The van der Waals surface area contributed by atoms with Crippen molar-refractivity contribution in [3.05, 3.63) is 40.4 Å². The number of morpholine rings is 1. The Balaban J connectivity index is 1.94. The first kappa shape index (κ1) is 18.3. The highest BCUT2D eigenvalue weighted by molar-refractivity contribution is 6.33. The molecule has 9 heteroatoms. The molecule has 3 rings (SSSR count). The number of halogens is 2. The number of benzene rings is 1. The Morgan fingerprint density at radius 2 is 2.23 bits per heavy atom. The number of aromatic nitrogens is 1. The van der Waals surface area contributed by atoms with Crippen LogP contribution >= 0.6 is 11.6 Å². The summed E-state index contributed by atoms with van der Waals surface area (Å²) in [5.74, 6) is -1.84. The number of ether oxygens (including phenoxy) is 1. The lowest BCUT2D eigenvalue weighted by Crippen LogP contribution is -2.46. The van der Waals surface area contributed by atoms with E-state index in [2.05, 4.69) is 5.16 Å². The number of nitrogens with zero attached hydrogens (tertiary/aromatic N) is 2. The Kier molecular flexibility index (Phi) is 5.24. The molecule has 138 valence electrons. The van der Waals surface area contributed by atoms with Crippen LogP contribution in [-0.2, 0) is 9.53 Å². The monoisotopic (exact) mass is 382 g/mol. The van der Waals surface area contributed by atoms with E-state index < -0.39 is 23.8 Å². The van der Waals surface area contributed by atoms with E-state index in [4.69, 9.17) is 26.0 Å². The average molecular weight is 383 g/mol. The molecule has 2 heterocycles. The fraction of sp³-hybridized carbons (Fsp3) is 0.353. The highest BCUT2D eigenvalue weighted by Crippen LogP contribution is 2.34. The lowest BCUT2D eigenvalue weighted by atomic mass is 10.0. The summed E-state index contributed by atoms with van der Waals surface area (Å²) < 4.78 is 24.8. The lowest BCUT2D eigenvalue weighted by molar-refractivity contribution is -0.141. The third-order valence-electron chi connectivity index (χ3n) is 4.10. The minimum absolute atomic E-state index is 0.00953. The van der Waals surface area contributed by atoms with Crippen LogP contribution in [0.2, 0.25) is 5.02 Å². The maximum absolute atomic E-state index is 14.3. The Hall–Kier alpha value is -2.45. The standard InChI is InChI=1S/C17H16ClFN2O5/c1-9-14(16(20-26-9)15-11(18)3-2-4-12(15)19)17(24)21-5-6-25-10(8-21)7-13(22)23/h2-4,10H,5-8H2,1H3,(H,22,23)/t10-/m1/s1. The maximum Gasteiger partial charge on any atom is 0.306 e. The van der Waals surface area contributed by atoms with E-state index in [1.165, 1.54) is 23.1 Å². The lowest BCUT2D eigenvalue weighted by Gasteiger charge is -2.32. The third-order valence-corrected chi connectivity index (χ3v) is 4.42. The zero-order valence-electron chi connectivity index (χ0n) is 13.9. The van der Waals surface area contributed by atoms with E-state index in [0.29, 0.717) is 0 Å². The van der Waals surface area contributed by atoms with Gasteiger partial charge in [-0.25, -0.2) is 4.39 Å². The van der Waals surface area contributed by atoms with Crippen molar-refractivity contribution in [1.82, 2.24) is 10.1 Å². The van der Waals surface area contributed by atoms with E-state index in [9.17, 15) is 14.0 Å². The molecule has 1 aliphatic rings. The van der Waals surface area contributed by atoms with Gasteiger partial charge in [-0.15, -0.1) is 0 Å². The largest absolute Gasteiger partial charge is 0.481 e. The summed E-state index contributed by atoms with van der Waals surface area (Å²) in [4.78, 5) is 25.3. The first-order valence-corrected chi connectivity index (χ1v) is 8.29. The van der Waals surface area contributed by atoms with Gasteiger partial charge in [0.1, 0.15) is 22.8 Å². The van der Waals surface area contributed by atoms with Crippen molar-refractivity contribution < 1.29 is 28.3 Å². The number of aliphatic carboxylic acids is 1. The van der Waals surface area contributed by atoms with Gasteiger partial charge in [-0.2, -0.15) is 0 Å². The molecule has 2 aromatic rings. The van der Waals surface area contributed by atoms with Crippen LogP contribution in [-0.4, -0.2) is 52.8 Å². The molecule has 0 radical (unpaired) electrons. The van der Waals surface area contributed by atoms with Gasteiger partial charge in [0, 0.05) is 13.1 Å². The predicted octanol–water partition coefficient (Wildman–Crippen LogP) is 2.76. The van der Waals surface area contributed by atoms with Gasteiger partial charge in [0.25, 0.3) is 5.91 Å².